The van der Waals surface area contributed by atoms with E-state index in [0.29, 0.717) is 5.69 Å². The molecule has 1 heterocycles. The van der Waals surface area contributed by atoms with E-state index in [1.165, 1.54) is 11.3 Å². The molecule has 0 aliphatic carbocycles. The van der Waals surface area contributed by atoms with Crippen molar-refractivity contribution in [2.24, 2.45) is 0 Å². The van der Waals surface area contributed by atoms with Gasteiger partial charge in [-0.1, -0.05) is 0 Å². The van der Waals surface area contributed by atoms with Crippen LogP contribution in [0.1, 0.15) is 5.69 Å². The molecule has 1 N–H and O–H groups in total. The van der Waals surface area contributed by atoms with Crippen LogP contribution in [0.3, 0.4) is 0 Å². The van der Waals surface area contributed by atoms with E-state index in [0.717, 1.165) is 3.92 Å². The summed E-state index contributed by atoms with van der Waals surface area (Å²) in [6.07, 6.45) is 0. The van der Waals surface area contributed by atoms with Gasteiger partial charge in [-0.25, -0.2) is 9.19 Å². The van der Waals surface area contributed by atoms with Gasteiger partial charge in [-0.2, -0.15) is 0 Å². The number of thiazole rings is 1. The molecule has 1 unspecified atom stereocenters. The maximum atomic E-state index is 10.2. The second-order valence-corrected chi connectivity index (χ2v) is 4.62. The summed E-state index contributed by atoms with van der Waals surface area (Å²) in [5, 5.41) is 1.75. The molecule has 0 aromatic carbocycles. The molecule has 3 nitrogen and oxygen atoms in total. The van der Waals surface area contributed by atoms with Crippen LogP contribution in [0, 0.1) is 0 Å². The van der Waals surface area contributed by atoms with Crippen LogP contribution < -0.4 is 0 Å². The van der Waals surface area contributed by atoms with Crippen molar-refractivity contribution in [1.82, 2.24) is 4.98 Å². The molecule has 0 fully saturated rings. The Hall–Kier alpha value is 0.220. The summed E-state index contributed by atoms with van der Waals surface area (Å²) in [5.74, 6) is 0.113. The van der Waals surface area contributed by atoms with E-state index in [2.05, 4.69) is 20.9 Å². The molecule has 56 valence electrons. The van der Waals surface area contributed by atoms with E-state index in [1.54, 1.807) is 5.38 Å². The van der Waals surface area contributed by atoms with E-state index in [4.69, 9.17) is 4.55 Å². The molecular formula is C4H4BrNO2S2. The molecule has 0 amide bonds. The minimum atomic E-state index is -1.78. The molecule has 0 aliphatic rings. The fourth-order valence-electron chi connectivity index (χ4n) is 0.475. The van der Waals surface area contributed by atoms with E-state index in [9.17, 15) is 4.21 Å². The lowest BCUT2D eigenvalue weighted by Gasteiger charge is -1.85. The van der Waals surface area contributed by atoms with Crippen molar-refractivity contribution in [2.75, 3.05) is 0 Å². The molecule has 1 aromatic heterocycles. The molecule has 0 saturated carbocycles. The van der Waals surface area contributed by atoms with Crippen LogP contribution >= 0.6 is 27.3 Å². The highest BCUT2D eigenvalue weighted by Gasteiger charge is 2.01. The summed E-state index contributed by atoms with van der Waals surface area (Å²) in [7, 11) is 0. The van der Waals surface area contributed by atoms with Gasteiger partial charge >= 0.3 is 0 Å². The molecule has 0 saturated heterocycles. The van der Waals surface area contributed by atoms with Crippen LogP contribution in [0.25, 0.3) is 0 Å². The highest BCUT2D eigenvalue weighted by atomic mass is 79.9. The van der Waals surface area contributed by atoms with Crippen LogP contribution in [0.15, 0.2) is 9.30 Å². The van der Waals surface area contributed by atoms with E-state index in [1.807, 2.05) is 0 Å². The van der Waals surface area contributed by atoms with Gasteiger partial charge < -0.3 is 4.55 Å². The Morgan fingerprint density at radius 3 is 3.00 bits per heavy atom. The molecule has 1 atom stereocenters. The SMILES string of the molecule is O=S(O)Cc1csc(Br)n1. The maximum Gasteiger partial charge on any atom is 0.159 e. The zero-order valence-electron chi connectivity index (χ0n) is 4.78. The van der Waals surface area contributed by atoms with Crippen molar-refractivity contribution in [2.45, 2.75) is 5.75 Å². The van der Waals surface area contributed by atoms with Gasteiger partial charge in [0, 0.05) is 5.38 Å². The van der Waals surface area contributed by atoms with Gasteiger partial charge in [0.1, 0.15) is 0 Å². The van der Waals surface area contributed by atoms with Gasteiger partial charge in [0.25, 0.3) is 0 Å². The predicted molar refractivity (Wildman–Crippen MR) is 44.3 cm³/mol. The molecule has 0 bridgehead atoms. The first-order chi connectivity index (χ1) is 4.68. The molecule has 0 spiro atoms. The van der Waals surface area contributed by atoms with Gasteiger partial charge in [-0.15, -0.1) is 11.3 Å². The number of nitrogens with zero attached hydrogens (tertiary/aromatic N) is 1. The first-order valence-electron chi connectivity index (χ1n) is 2.36. The summed E-state index contributed by atoms with van der Waals surface area (Å²) >= 11 is 2.78. The number of rotatable bonds is 2. The van der Waals surface area contributed by atoms with Crippen LogP contribution in [-0.2, 0) is 16.8 Å². The summed E-state index contributed by atoms with van der Waals surface area (Å²) in [5.41, 5.74) is 0.651. The zero-order chi connectivity index (χ0) is 7.56. The number of aromatic nitrogens is 1. The topological polar surface area (TPSA) is 50.2 Å². The smallest absolute Gasteiger partial charge is 0.159 e. The Bertz CT molecular complexity index is 249. The van der Waals surface area contributed by atoms with Crippen LogP contribution in [-0.4, -0.2) is 13.7 Å². The van der Waals surface area contributed by atoms with Crippen molar-refractivity contribution < 1.29 is 8.76 Å². The quantitative estimate of drug-likeness (QED) is 0.802. The Balaban J connectivity index is 2.67. The third kappa shape index (κ3) is 2.45. The Labute approximate surface area is 72.9 Å². The van der Waals surface area contributed by atoms with Gasteiger partial charge in [0.15, 0.2) is 15.0 Å². The Morgan fingerprint density at radius 1 is 1.90 bits per heavy atom. The summed E-state index contributed by atoms with van der Waals surface area (Å²) in [6, 6.07) is 0. The highest BCUT2D eigenvalue weighted by molar-refractivity contribution is 9.11. The lowest BCUT2D eigenvalue weighted by molar-refractivity contribution is 0.563. The average molecular weight is 242 g/mol. The van der Waals surface area contributed by atoms with E-state index >= 15 is 0 Å². The largest absolute Gasteiger partial charge is 0.306 e. The second kappa shape index (κ2) is 3.56. The van der Waals surface area contributed by atoms with Gasteiger partial charge in [0.05, 0.1) is 11.4 Å². The first-order valence-corrected chi connectivity index (χ1v) is 5.30. The third-order valence-electron chi connectivity index (χ3n) is 0.795. The van der Waals surface area contributed by atoms with Crippen LogP contribution in [0.2, 0.25) is 0 Å². The monoisotopic (exact) mass is 241 g/mol. The van der Waals surface area contributed by atoms with Crippen molar-refractivity contribution in [1.29, 1.82) is 0 Å². The molecule has 6 heteroatoms. The molecule has 1 rings (SSSR count). The highest BCUT2D eigenvalue weighted by Crippen LogP contribution is 2.16. The predicted octanol–water partition coefficient (Wildman–Crippen LogP) is 1.63. The molecule has 10 heavy (non-hydrogen) atoms. The normalized spacial score (nSPS) is 13.4. The lowest BCUT2D eigenvalue weighted by atomic mass is 10.6. The van der Waals surface area contributed by atoms with Crippen LogP contribution in [0.4, 0.5) is 0 Å². The summed E-state index contributed by atoms with van der Waals surface area (Å²) in [6.45, 7) is 0. The number of hydrogen-bond donors (Lipinski definition) is 1. The second-order valence-electron chi connectivity index (χ2n) is 1.56. The lowest BCUT2D eigenvalue weighted by Crippen LogP contribution is -1.92. The van der Waals surface area contributed by atoms with Gasteiger partial charge in [-0.3, -0.25) is 0 Å². The number of hydrogen-bond acceptors (Lipinski definition) is 3. The third-order valence-corrected chi connectivity index (χ3v) is 2.75. The molecule has 0 radical (unpaired) electrons. The van der Waals surface area contributed by atoms with E-state index < -0.39 is 11.1 Å². The van der Waals surface area contributed by atoms with Crippen molar-refractivity contribution in [3.05, 3.63) is 15.0 Å². The molecular weight excluding hydrogens is 238 g/mol. The minimum absolute atomic E-state index is 0.113. The number of halogens is 1. The molecule has 0 aliphatic heterocycles. The van der Waals surface area contributed by atoms with Crippen molar-refractivity contribution in [3.8, 4) is 0 Å². The zero-order valence-corrected chi connectivity index (χ0v) is 8.00. The van der Waals surface area contributed by atoms with E-state index in [-0.39, 0.29) is 5.75 Å². The van der Waals surface area contributed by atoms with Crippen molar-refractivity contribution >= 4 is 38.3 Å². The first kappa shape index (κ1) is 8.32. The minimum Gasteiger partial charge on any atom is -0.306 e. The Morgan fingerprint density at radius 2 is 2.60 bits per heavy atom. The average Bonchev–Trinajstić information content (AvgIpc) is 2.13. The fraction of sp³-hybridized carbons (Fsp3) is 0.250. The summed E-state index contributed by atoms with van der Waals surface area (Å²) < 4.78 is 19.4. The Kier molecular flexibility index (Phi) is 2.96. The maximum absolute atomic E-state index is 10.2. The summed E-state index contributed by atoms with van der Waals surface area (Å²) in [4.78, 5) is 3.93. The standard InChI is InChI=1S/C4H4BrNO2S2/c5-4-6-3(1-9-4)2-10(7)8/h1H,2H2,(H,7,8). The van der Waals surface area contributed by atoms with Gasteiger partial charge in [0.2, 0.25) is 0 Å². The van der Waals surface area contributed by atoms with Crippen molar-refractivity contribution in [3.63, 3.8) is 0 Å². The molecule has 1 aromatic rings. The van der Waals surface area contributed by atoms with Gasteiger partial charge in [-0.05, 0) is 15.9 Å². The van der Waals surface area contributed by atoms with Crippen LogP contribution in [0.5, 0.6) is 0 Å². The fourth-order valence-corrected chi connectivity index (χ4v) is 2.03.